The summed E-state index contributed by atoms with van der Waals surface area (Å²) in [5.74, 6) is 0.0785. The van der Waals surface area contributed by atoms with Crippen molar-refractivity contribution in [2.24, 2.45) is 5.92 Å². The minimum Gasteiger partial charge on any atom is -0.465 e. The first-order valence-corrected chi connectivity index (χ1v) is 5.68. The summed E-state index contributed by atoms with van der Waals surface area (Å²) in [7, 11) is 0. The fraction of sp³-hybridized carbons (Fsp3) is 0.909. The molecule has 0 aromatic carbocycles. The first-order valence-electron chi connectivity index (χ1n) is 5.68. The van der Waals surface area contributed by atoms with Gasteiger partial charge in [-0.2, -0.15) is 0 Å². The molecule has 0 aromatic rings. The van der Waals surface area contributed by atoms with Crippen LogP contribution in [0, 0.1) is 5.92 Å². The SMILES string of the molecule is CCOC(=O)[C@H](CC)N1C[C@@H](C)[C@@H](O)C1. The molecule has 0 radical (unpaired) electrons. The number of carbonyl (C=O) groups excluding carboxylic acids is 1. The van der Waals surface area contributed by atoms with E-state index in [0.717, 1.165) is 13.0 Å². The molecule has 0 saturated carbocycles. The first-order chi connectivity index (χ1) is 7.10. The molecule has 4 heteroatoms. The second kappa shape index (κ2) is 5.47. The Bertz CT molecular complexity index is 210. The zero-order valence-corrected chi connectivity index (χ0v) is 9.77. The van der Waals surface area contributed by atoms with E-state index in [1.165, 1.54) is 0 Å². The molecule has 1 saturated heterocycles. The maximum atomic E-state index is 11.6. The van der Waals surface area contributed by atoms with E-state index in [-0.39, 0.29) is 24.0 Å². The van der Waals surface area contributed by atoms with Crippen molar-refractivity contribution in [2.45, 2.75) is 39.3 Å². The predicted molar refractivity (Wildman–Crippen MR) is 57.5 cm³/mol. The number of hydrogen-bond acceptors (Lipinski definition) is 4. The van der Waals surface area contributed by atoms with Crippen molar-refractivity contribution in [1.29, 1.82) is 0 Å². The molecule has 0 bridgehead atoms. The minimum atomic E-state index is -0.312. The van der Waals surface area contributed by atoms with Crippen molar-refractivity contribution in [3.8, 4) is 0 Å². The number of ether oxygens (including phenoxy) is 1. The predicted octanol–water partition coefficient (Wildman–Crippen LogP) is 0.641. The van der Waals surface area contributed by atoms with Crippen molar-refractivity contribution in [3.63, 3.8) is 0 Å². The van der Waals surface area contributed by atoms with Gasteiger partial charge in [-0.15, -0.1) is 0 Å². The van der Waals surface area contributed by atoms with E-state index in [1.54, 1.807) is 0 Å². The van der Waals surface area contributed by atoms with E-state index in [9.17, 15) is 9.90 Å². The second-order valence-corrected chi connectivity index (χ2v) is 4.17. The molecule has 0 amide bonds. The molecule has 1 heterocycles. The van der Waals surface area contributed by atoms with Gasteiger partial charge >= 0.3 is 5.97 Å². The average molecular weight is 215 g/mol. The monoisotopic (exact) mass is 215 g/mol. The van der Waals surface area contributed by atoms with Crippen LogP contribution in [-0.2, 0) is 9.53 Å². The molecule has 0 aromatic heterocycles. The lowest BCUT2D eigenvalue weighted by atomic mass is 10.1. The standard InChI is InChI=1S/C11H21NO3/c1-4-9(11(14)15-5-2)12-6-8(3)10(13)7-12/h8-10,13H,4-7H2,1-3H3/t8-,9+,10+/m1/s1. The van der Waals surface area contributed by atoms with Crippen LogP contribution in [0.25, 0.3) is 0 Å². The Hall–Kier alpha value is -0.610. The van der Waals surface area contributed by atoms with Crippen LogP contribution in [0.15, 0.2) is 0 Å². The molecule has 0 unspecified atom stereocenters. The summed E-state index contributed by atoms with van der Waals surface area (Å²) in [6.45, 7) is 7.56. The zero-order chi connectivity index (χ0) is 11.4. The fourth-order valence-corrected chi connectivity index (χ4v) is 2.05. The molecule has 1 aliphatic rings. The first kappa shape index (κ1) is 12.5. The third kappa shape index (κ3) is 2.92. The molecule has 1 aliphatic heterocycles. The Morgan fingerprint density at radius 2 is 2.20 bits per heavy atom. The summed E-state index contributed by atoms with van der Waals surface area (Å²) < 4.78 is 5.02. The largest absolute Gasteiger partial charge is 0.465 e. The third-order valence-electron chi connectivity index (χ3n) is 2.99. The Balaban J connectivity index is 2.56. The van der Waals surface area contributed by atoms with Gasteiger partial charge in [0.1, 0.15) is 6.04 Å². The summed E-state index contributed by atoms with van der Waals surface area (Å²) in [6, 6.07) is -0.190. The summed E-state index contributed by atoms with van der Waals surface area (Å²) in [5.41, 5.74) is 0. The Labute approximate surface area is 91.2 Å². The normalized spacial score (nSPS) is 29.1. The second-order valence-electron chi connectivity index (χ2n) is 4.17. The Kier molecular flexibility index (Phi) is 4.54. The van der Waals surface area contributed by atoms with Crippen molar-refractivity contribution in [1.82, 2.24) is 4.90 Å². The maximum absolute atomic E-state index is 11.6. The summed E-state index contributed by atoms with van der Waals surface area (Å²) in [5, 5.41) is 9.63. The van der Waals surface area contributed by atoms with Crippen LogP contribution in [0.5, 0.6) is 0 Å². The van der Waals surface area contributed by atoms with Gasteiger partial charge in [-0.25, -0.2) is 0 Å². The highest BCUT2D eigenvalue weighted by atomic mass is 16.5. The van der Waals surface area contributed by atoms with E-state index < -0.39 is 0 Å². The van der Waals surface area contributed by atoms with Gasteiger partial charge in [-0.3, -0.25) is 9.69 Å². The van der Waals surface area contributed by atoms with Crippen LogP contribution in [0.4, 0.5) is 0 Å². The number of β-amino-alcohol motifs (C(OH)–C–C–N with tert-alkyl or cyclic N) is 1. The number of nitrogens with zero attached hydrogens (tertiary/aromatic N) is 1. The average Bonchev–Trinajstić information content (AvgIpc) is 2.48. The number of carbonyl (C=O) groups is 1. The molecule has 0 aliphatic carbocycles. The van der Waals surface area contributed by atoms with Gasteiger partial charge in [0.25, 0.3) is 0 Å². The van der Waals surface area contributed by atoms with Crippen molar-refractivity contribution >= 4 is 5.97 Å². The summed E-state index contributed by atoms with van der Waals surface area (Å²) in [6.07, 6.45) is 0.423. The van der Waals surface area contributed by atoms with Crippen molar-refractivity contribution in [3.05, 3.63) is 0 Å². The number of hydrogen-bond donors (Lipinski definition) is 1. The number of aliphatic hydroxyl groups is 1. The summed E-state index contributed by atoms with van der Waals surface area (Å²) in [4.78, 5) is 13.7. The van der Waals surface area contributed by atoms with E-state index in [1.807, 2.05) is 25.7 Å². The summed E-state index contributed by atoms with van der Waals surface area (Å²) >= 11 is 0. The van der Waals surface area contributed by atoms with Crippen LogP contribution >= 0.6 is 0 Å². The fourth-order valence-electron chi connectivity index (χ4n) is 2.05. The van der Waals surface area contributed by atoms with Crippen molar-refractivity contribution in [2.75, 3.05) is 19.7 Å². The molecular weight excluding hydrogens is 194 g/mol. The molecule has 1 fully saturated rings. The van der Waals surface area contributed by atoms with Crippen LogP contribution in [-0.4, -0.2) is 47.8 Å². The molecule has 3 atom stereocenters. The van der Waals surface area contributed by atoms with Gasteiger partial charge < -0.3 is 9.84 Å². The third-order valence-corrected chi connectivity index (χ3v) is 2.99. The van der Waals surface area contributed by atoms with E-state index in [2.05, 4.69) is 0 Å². The molecule has 88 valence electrons. The van der Waals surface area contributed by atoms with Crippen LogP contribution in [0.2, 0.25) is 0 Å². The highest BCUT2D eigenvalue weighted by Gasteiger charge is 2.35. The highest BCUT2D eigenvalue weighted by Crippen LogP contribution is 2.20. The van der Waals surface area contributed by atoms with Crippen LogP contribution < -0.4 is 0 Å². The highest BCUT2D eigenvalue weighted by molar-refractivity contribution is 5.75. The molecular formula is C11H21NO3. The van der Waals surface area contributed by atoms with E-state index in [0.29, 0.717) is 13.2 Å². The number of rotatable bonds is 4. The van der Waals surface area contributed by atoms with Gasteiger partial charge in [0.15, 0.2) is 0 Å². The van der Waals surface area contributed by atoms with Gasteiger partial charge in [0, 0.05) is 13.1 Å². The molecule has 1 rings (SSSR count). The van der Waals surface area contributed by atoms with Gasteiger partial charge in [-0.05, 0) is 19.3 Å². The van der Waals surface area contributed by atoms with Crippen LogP contribution in [0.3, 0.4) is 0 Å². The molecule has 4 nitrogen and oxygen atoms in total. The number of esters is 1. The molecule has 1 N–H and O–H groups in total. The van der Waals surface area contributed by atoms with E-state index >= 15 is 0 Å². The van der Waals surface area contributed by atoms with Gasteiger partial charge in [-0.1, -0.05) is 13.8 Å². The lowest BCUT2D eigenvalue weighted by molar-refractivity contribution is -0.149. The van der Waals surface area contributed by atoms with E-state index in [4.69, 9.17) is 4.74 Å². The van der Waals surface area contributed by atoms with Crippen molar-refractivity contribution < 1.29 is 14.6 Å². The lowest BCUT2D eigenvalue weighted by Crippen LogP contribution is -2.40. The molecule has 0 spiro atoms. The van der Waals surface area contributed by atoms with Crippen LogP contribution in [0.1, 0.15) is 27.2 Å². The Morgan fingerprint density at radius 3 is 2.60 bits per heavy atom. The smallest absolute Gasteiger partial charge is 0.323 e. The lowest BCUT2D eigenvalue weighted by Gasteiger charge is -2.24. The topological polar surface area (TPSA) is 49.8 Å². The van der Waals surface area contributed by atoms with Gasteiger partial charge in [0.2, 0.25) is 0 Å². The molecule has 15 heavy (non-hydrogen) atoms. The minimum absolute atomic E-state index is 0.165. The quantitative estimate of drug-likeness (QED) is 0.699. The Morgan fingerprint density at radius 1 is 1.53 bits per heavy atom. The number of aliphatic hydroxyl groups excluding tert-OH is 1. The number of likely N-dealkylation sites (tertiary alicyclic amines) is 1. The van der Waals surface area contributed by atoms with Gasteiger partial charge in [0.05, 0.1) is 12.7 Å². The zero-order valence-electron chi connectivity index (χ0n) is 9.77. The maximum Gasteiger partial charge on any atom is 0.323 e.